The Hall–Kier alpha value is -3.06. The minimum Gasteiger partial charge on any atom is -0.507 e. The van der Waals surface area contributed by atoms with Gasteiger partial charge in [-0.25, -0.2) is 4.79 Å². The van der Waals surface area contributed by atoms with Crippen molar-refractivity contribution in [2.75, 3.05) is 49.5 Å². The number of benzene rings is 2. The minimum atomic E-state index is -0.741. The topological polar surface area (TPSA) is 82.1 Å². The van der Waals surface area contributed by atoms with Crippen LogP contribution in [0.5, 0.6) is 5.75 Å². The number of phenols is 1. The molecule has 1 amide bonds. The second-order valence-corrected chi connectivity index (χ2v) is 6.61. The fraction of sp³-hybridized carbons (Fsp3) is 0.333. The number of hydrogen-bond donors (Lipinski definition) is 2. The first-order chi connectivity index (χ1) is 13.6. The van der Waals surface area contributed by atoms with E-state index in [0.29, 0.717) is 5.69 Å². The van der Waals surface area contributed by atoms with Crippen LogP contribution in [0.25, 0.3) is 0 Å². The number of anilines is 2. The molecule has 28 heavy (non-hydrogen) atoms. The maximum Gasteiger partial charge on any atom is 0.342 e. The third-order valence-corrected chi connectivity index (χ3v) is 4.79. The number of carbonyl (C=O) groups excluding carboxylic acids is 2. The Morgan fingerprint density at radius 2 is 1.71 bits per heavy atom. The number of ether oxygens (including phenoxy) is 1. The standard InChI is InChI=1S/C21H25N3O4/c1-2-23-11-13-24(14-12-23)17-9-7-16(8-10-17)22-20(26)15-28-21(27)18-5-3-4-6-19(18)25/h3-10,25H,2,11-15H2,1H3,(H,22,26). The smallest absolute Gasteiger partial charge is 0.342 e. The molecule has 0 unspecified atom stereocenters. The Morgan fingerprint density at radius 1 is 1.04 bits per heavy atom. The normalized spacial score (nSPS) is 14.5. The van der Waals surface area contributed by atoms with Gasteiger partial charge in [-0.3, -0.25) is 4.79 Å². The van der Waals surface area contributed by atoms with Crippen molar-refractivity contribution in [1.82, 2.24) is 4.90 Å². The average molecular weight is 383 g/mol. The van der Waals surface area contributed by atoms with E-state index in [2.05, 4.69) is 22.0 Å². The number of piperazine rings is 1. The van der Waals surface area contributed by atoms with Crippen molar-refractivity contribution >= 4 is 23.3 Å². The zero-order valence-corrected chi connectivity index (χ0v) is 15.9. The summed E-state index contributed by atoms with van der Waals surface area (Å²) in [6, 6.07) is 13.7. The van der Waals surface area contributed by atoms with Crippen LogP contribution in [-0.4, -0.2) is 61.2 Å². The van der Waals surface area contributed by atoms with Gasteiger partial charge in [0, 0.05) is 37.6 Å². The highest BCUT2D eigenvalue weighted by atomic mass is 16.5. The van der Waals surface area contributed by atoms with E-state index < -0.39 is 18.5 Å². The van der Waals surface area contributed by atoms with E-state index in [9.17, 15) is 14.7 Å². The molecule has 2 aromatic carbocycles. The van der Waals surface area contributed by atoms with Crippen LogP contribution in [0.4, 0.5) is 11.4 Å². The predicted molar refractivity (Wildman–Crippen MR) is 108 cm³/mol. The number of rotatable bonds is 6. The van der Waals surface area contributed by atoms with E-state index in [1.807, 2.05) is 24.3 Å². The number of esters is 1. The summed E-state index contributed by atoms with van der Waals surface area (Å²) < 4.78 is 4.96. The van der Waals surface area contributed by atoms with Gasteiger partial charge in [-0.15, -0.1) is 0 Å². The highest BCUT2D eigenvalue weighted by Crippen LogP contribution is 2.20. The molecule has 1 aliphatic heterocycles. The Labute approximate surface area is 164 Å². The lowest BCUT2D eigenvalue weighted by Crippen LogP contribution is -2.46. The maximum atomic E-state index is 12.0. The molecule has 1 saturated heterocycles. The molecule has 1 aliphatic rings. The van der Waals surface area contributed by atoms with Crippen LogP contribution in [0.3, 0.4) is 0 Å². The lowest BCUT2D eigenvalue weighted by Gasteiger charge is -2.35. The molecule has 2 N–H and O–H groups in total. The van der Waals surface area contributed by atoms with Crippen LogP contribution in [0.15, 0.2) is 48.5 Å². The number of hydrogen-bond acceptors (Lipinski definition) is 6. The third kappa shape index (κ3) is 5.01. The number of para-hydroxylation sites is 1. The quantitative estimate of drug-likeness (QED) is 0.745. The number of phenolic OH excluding ortho intramolecular Hbond substituents is 1. The summed E-state index contributed by atoms with van der Waals surface area (Å²) in [4.78, 5) is 28.7. The summed E-state index contributed by atoms with van der Waals surface area (Å²) in [5.41, 5.74) is 1.79. The maximum absolute atomic E-state index is 12.0. The van der Waals surface area contributed by atoms with Crippen LogP contribution in [0.1, 0.15) is 17.3 Å². The third-order valence-electron chi connectivity index (χ3n) is 4.79. The molecule has 0 aliphatic carbocycles. The van der Waals surface area contributed by atoms with E-state index >= 15 is 0 Å². The largest absolute Gasteiger partial charge is 0.507 e. The molecule has 0 spiro atoms. The summed E-state index contributed by atoms with van der Waals surface area (Å²) in [5, 5.41) is 12.3. The SMILES string of the molecule is CCN1CCN(c2ccc(NC(=O)COC(=O)c3ccccc3O)cc2)CC1. The average Bonchev–Trinajstić information content (AvgIpc) is 2.73. The lowest BCUT2D eigenvalue weighted by atomic mass is 10.2. The number of likely N-dealkylation sites (N-methyl/N-ethyl adjacent to an activating group) is 1. The zero-order valence-electron chi connectivity index (χ0n) is 15.9. The molecule has 3 rings (SSSR count). The summed E-state index contributed by atoms with van der Waals surface area (Å²) in [6.07, 6.45) is 0. The van der Waals surface area contributed by atoms with E-state index in [0.717, 1.165) is 38.4 Å². The fourth-order valence-corrected chi connectivity index (χ4v) is 3.13. The first kappa shape index (κ1) is 19.7. The number of aromatic hydroxyl groups is 1. The van der Waals surface area contributed by atoms with Crippen LogP contribution in [-0.2, 0) is 9.53 Å². The van der Waals surface area contributed by atoms with Gasteiger partial charge in [-0.05, 0) is 42.9 Å². The summed E-state index contributed by atoms with van der Waals surface area (Å²) >= 11 is 0. The Morgan fingerprint density at radius 3 is 2.36 bits per heavy atom. The first-order valence-corrected chi connectivity index (χ1v) is 9.39. The summed E-state index contributed by atoms with van der Waals surface area (Å²) in [6.45, 7) is 6.91. The van der Waals surface area contributed by atoms with Crippen molar-refractivity contribution in [3.8, 4) is 5.75 Å². The van der Waals surface area contributed by atoms with Crippen LogP contribution >= 0.6 is 0 Å². The fourth-order valence-electron chi connectivity index (χ4n) is 3.13. The van der Waals surface area contributed by atoms with E-state index in [-0.39, 0.29) is 11.3 Å². The number of amides is 1. The van der Waals surface area contributed by atoms with Gasteiger partial charge in [0.25, 0.3) is 5.91 Å². The lowest BCUT2D eigenvalue weighted by molar-refractivity contribution is -0.119. The molecule has 1 heterocycles. The highest BCUT2D eigenvalue weighted by Gasteiger charge is 2.16. The van der Waals surface area contributed by atoms with Gasteiger partial charge in [-0.1, -0.05) is 19.1 Å². The number of carbonyl (C=O) groups is 2. The van der Waals surface area contributed by atoms with Crippen LogP contribution in [0.2, 0.25) is 0 Å². The molecule has 7 heteroatoms. The molecule has 0 radical (unpaired) electrons. The van der Waals surface area contributed by atoms with Gasteiger partial charge in [0.15, 0.2) is 6.61 Å². The highest BCUT2D eigenvalue weighted by molar-refractivity contribution is 5.96. The molecule has 0 saturated carbocycles. The number of nitrogens with one attached hydrogen (secondary N) is 1. The van der Waals surface area contributed by atoms with Gasteiger partial charge >= 0.3 is 5.97 Å². The second-order valence-electron chi connectivity index (χ2n) is 6.61. The van der Waals surface area contributed by atoms with Crippen molar-refractivity contribution in [3.63, 3.8) is 0 Å². The monoisotopic (exact) mass is 383 g/mol. The molecule has 0 aromatic heterocycles. The molecular formula is C21H25N3O4. The van der Waals surface area contributed by atoms with Gasteiger partial charge < -0.3 is 25.0 Å². The molecule has 1 fully saturated rings. The van der Waals surface area contributed by atoms with Crippen LogP contribution < -0.4 is 10.2 Å². The second kappa shape index (κ2) is 9.23. The minimum absolute atomic E-state index is 0.0304. The van der Waals surface area contributed by atoms with E-state index in [4.69, 9.17) is 4.74 Å². The molecule has 148 valence electrons. The van der Waals surface area contributed by atoms with Crippen molar-refractivity contribution in [1.29, 1.82) is 0 Å². The van der Waals surface area contributed by atoms with Crippen molar-refractivity contribution < 1.29 is 19.4 Å². The number of nitrogens with zero attached hydrogens (tertiary/aromatic N) is 2. The Balaban J connectivity index is 1.48. The zero-order chi connectivity index (χ0) is 19.9. The van der Waals surface area contributed by atoms with Gasteiger partial charge in [-0.2, -0.15) is 0 Å². The van der Waals surface area contributed by atoms with Crippen molar-refractivity contribution in [2.24, 2.45) is 0 Å². The van der Waals surface area contributed by atoms with Gasteiger partial charge in [0.2, 0.25) is 0 Å². The van der Waals surface area contributed by atoms with Gasteiger partial charge in [0.05, 0.1) is 0 Å². The molecule has 0 atom stereocenters. The van der Waals surface area contributed by atoms with Crippen molar-refractivity contribution in [2.45, 2.75) is 6.92 Å². The van der Waals surface area contributed by atoms with Crippen LogP contribution in [0, 0.1) is 0 Å². The summed E-state index contributed by atoms with van der Waals surface area (Å²) in [5.74, 6) is -1.36. The summed E-state index contributed by atoms with van der Waals surface area (Å²) in [7, 11) is 0. The van der Waals surface area contributed by atoms with Gasteiger partial charge in [0.1, 0.15) is 11.3 Å². The molecular weight excluding hydrogens is 358 g/mol. The van der Waals surface area contributed by atoms with Crippen molar-refractivity contribution in [3.05, 3.63) is 54.1 Å². The Bertz CT molecular complexity index is 815. The predicted octanol–water partition coefficient (Wildman–Crippen LogP) is 2.33. The van der Waals surface area contributed by atoms with E-state index in [1.165, 1.54) is 12.1 Å². The molecule has 0 bridgehead atoms. The first-order valence-electron chi connectivity index (χ1n) is 9.39. The molecule has 7 nitrogen and oxygen atoms in total. The Kier molecular flexibility index (Phi) is 6.49. The van der Waals surface area contributed by atoms with E-state index in [1.54, 1.807) is 12.1 Å². The molecule has 2 aromatic rings.